The van der Waals surface area contributed by atoms with Gasteiger partial charge in [0.15, 0.2) is 0 Å². The molecule has 26 heavy (non-hydrogen) atoms. The zero-order chi connectivity index (χ0) is 19.6. The number of hydrogen-bond acceptors (Lipinski definition) is 7. The summed E-state index contributed by atoms with van der Waals surface area (Å²) in [5, 5.41) is 49.5. The maximum absolute atomic E-state index is 11.4. The van der Waals surface area contributed by atoms with Crippen LogP contribution in [0.3, 0.4) is 0 Å². The normalized spacial score (nSPS) is 14.6. The minimum Gasteiger partial charge on any atom is -0.508 e. The highest BCUT2D eigenvalue weighted by Crippen LogP contribution is 2.20. The third-order valence-electron chi connectivity index (χ3n) is 4.36. The third-order valence-corrected chi connectivity index (χ3v) is 4.36. The average Bonchev–Trinajstić information content (AvgIpc) is 2.58. The van der Waals surface area contributed by atoms with Crippen LogP contribution in [0.1, 0.15) is 43.8 Å². The molecule has 9 heteroatoms. The molecule has 0 aliphatic rings. The Labute approximate surface area is 153 Å². The van der Waals surface area contributed by atoms with Crippen molar-refractivity contribution in [2.24, 2.45) is 5.73 Å². The van der Waals surface area contributed by atoms with Crippen molar-refractivity contribution in [2.45, 2.75) is 50.1 Å². The molecule has 0 aliphatic heterocycles. The number of rotatable bonds is 13. The highest BCUT2D eigenvalue weighted by Gasteiger charge is 2.32. The summed E-state index contributed by atoms with van der Waals surface area (Å²) in [7, 11) is -1.38. The zero-order valence-electron chi connectivity index (χ0n) is 14.8. The van der Waals surface area contributed by atoms with Crippen molar-refractivity contribution in [2.75, 3.05) is 13.1 Å². The summed E-state index contributed by atoms with van der Waals surface area (Å²) in [6, 6.07) is 6.42. The number of carboxylic acid groups (broad SMARTS) is 1. The van der Waals surface area contributed by atoms with Crippen LogP contribution < -0.4 is 11.1 Å². The van der Waals surface area contributed by atoms with Gasteiger partial charge in [0.05, 0.1) is 6.10 Å². The Morgan fingerprint density at radius 1 is 1.23 bits per heavy atom. The van der Waals surface area contributed by atoms with Gasteiger partial charge in [0.2, 0.25) is 0 Å². The number of aliphatic carboxylic acids is 1. The van der Waals surface area contributed by atoms with Gasteiger partial charge >= 0.3 is 13.1 Å². The minimum absolute atomic E-state index is 0.0950. The Bertz CT molecular complexity index is 560. The van der Waals surface area contributed by atoms with Gasteiger partial charge in [-0.05, 0) is 56.4 Å². The Morgan fingerprint density at radius 3 is 2.58 bits per heavy atom. The number of unbranched alkanes of at least 4 members (excludes halogenated alkanes) is 1. The highest BCUT2D eigenvalue weighted by molar-refractivity contribution is 6.40. The molecule has 1 aromatic rings. The summed E-state index contributed by atoms with van der Waals surface area (Å²) in [5.41, 5.74) is 5.22. The van der Waals surface area contributed by atoms with Crippen LogP contribution in [0, 0.1) is 0 Å². The Morgan fingerprint density at radius 2 is 1.96 bits per heavy atom. The van der Waals surface area contributed by atoms with E-state index in [0.29, 0.717) is 37.9 Å². The number of benzene rings is 1. The molecule has 0 spiro atoms. The van der Waals surface area contributed by atoms with E-state index >= 15 is 0 Å². The number of phenolic OH excluding ortho intramolecular Hbond substituents is 1. The van der Waals surface area contributed by atoms with Crippen molar-refractivity contribution < 1.29 is 30.2 Å². The molecular formula is C17H29BN2O6. The van der Waals surface area contributed by atoms with Crippen LogP contribution in [-0.4, -0.2) is 57.1 Å². The number of nitrogens with one attached hydrogen (secondary N) is 1. The Kier molecular flexibility index (Phi) is 9.60. The summed E-state index contributed by atoms with van der Waals surface area (Å²) in [5.74, 6) is -0.985. The predicted octanol–water partition coefficient (Wildman–Crippen LogP) is 0.221. The summed E-state index contributed by atoms with van der Waals surface area (Å²) in [6.45, 7) is 0.863. The molecule has 0 radical (unpaired) electrons. The number of carboxylic acids is 1. The van der Waals surface area contributed by atoms with Crippen LogP contribution in [0.4, 0.5) is 0 Å². The van der Waals surface area contributed by atoms with Crippen molar-refractivity contribution in [3.63, 3.8) is 0 Å². The fourth-order valence-electron chi connectivity index (χ4n) is 2.68. The molecule has 1 rings (SSSR count). The van der Waals surface area contributed by atoms with Gasteiger partial charge in [-0.3, -0.25) is 4.79 Å². The highest BCUT2D eigenvalue weighted by atomic mass is 16.4. The van der Waals surface area contributed by atoms with Crippen molar-refractivity contribution in [3.05, 3.63) is 29.8 Å². The second-order valence-electron chi connectivity index (χ2n) is 6.59. The van der Waals surface area contributed by atoms with Gasteiger partial charge in [-0.15, -0.1) is 0 Å². The maximum atomic E-state index is 11.4. The summed E-state index contributed by atoms with van der Waals surface area (Å²) < 4.78 is 0. The minimum atomic E-state index is -1.38. The van der Waals surface area contributed by atoms with E-state index in [1.54, 1.807) is 12.1 Å². The molecule has 146 valence electrons. The van der Waals surface area contributed by atoms with Crippen molar-refractivity contribution in [1.29, 1.82) is 0 Å². The largest absolute Gasteiger partial charge is 0.508 e. The van der Waals surface area contributed by atoms with Gasteiger partial charge in [0, 0.05) is 0 Å². The lowest BCUT2D eigenvalue weighted by Gasteiger charge is -2.25. The fraction of sp³-hybridized carbons (Fsp3) is 0.588. The lowest BCUT2D eigenvalue weighted by molar-refractivity contribution is -0.143. The number of aliphatic hydroxyl groups is 1. The molecular weight excluding hydrogens is 339 g/mol. The number of aliphatic hydroxyl groups excluding tert-OH is 1. The molecule has 0 aliphatic carbocycles. The molecule has 0 bridgehead atoms. The van der Waals surface area contributed by atoms with Gasteiger partial charge in [-0.2, -0.15) is 0 Å². The third kappa shape index (κ3) is 8.16. The molecule has 0 saturated heterocycles. The molecule has 1 aromatic carbocycles. The van der Waals surface area contributed by atoms with Crippen LogP contribution in [0.25, 0.3) is 0 Å². The average molecular weight is 368 g/mol. The number of carbonyl (C=O) groups is 1. The smallest absolute Gasteiger partial charge is 0.451 e. The first kappa shape index (κ1) is 22.4. The van der Waals surface area contributed by atoms with E-state index in [1.807, 2.05) is 0 Å². The molecule has 8 nitrogen and oxygen atoms in total. The van der Waals surface area contributed by atoms with E-state index in [4.69, 9.17) is 15.8 Å². The van der Waals surface area contributed by atoms with Crippen molar-refractivity contribution in [3.8, 4) is 5.75 Å². The quantitative estimate of drug-likeness (QED) is 0.193. The second kappa shape index (κ2) is 11.1. The van der Waals surface area contributed by atoms with Gasteiger partial charge in [-0.1, -0.05) is 25.0 Å². The van der Waals surface area contributed by atoms with Gasteiger partial charge in [-0.25, -0.2) is 0 Å². The maximum Gasteiger partial charge on any atom is 0.451 e. The summed E-state index contributed by atoms with van der Waals surface area (Å²) in [4.78, 5) is 11.4. The summed E-state index contributed by atoms with van der Waals surface area (Å²) in [6.07, 6.45) is 1.36. The van der Waals surface area contributed by atoms with Crippen LogP contribution in [0.15, 0.2) is 24.3 Å². The zero-order valence-corrected chi connectivity index (χ0v) is 14.8. The first-order chi connectivity index (χ1) is 12.2. The molecule has 0 saturated carbocycles. The number of aromatic hydroxyl groups is 1. The van der Waals surface area contributed by atoms with Crippen LogP contribution in [-0.2, 0) is 4.79 Å². The molecule has 0 amide bonds. The van der Waals surface area contributed by atoms with E-state index < -0.39 is 24.7 Å². The monoisotopic (exact) mass is 368 g/mol. The van der Waals surface area contributed by atoms with Crippen molar-refractivity contribution >= 4 is 13.1 Å². The first-order valence-electron chi connectivity index (χ1n) is 8.81. The van der Waals surface area contributed by atoms with Gasteiger partial charge in [0.25, 0.3) is 0 Å². The molecule has 1 unspecified atom stereocenters. The Hall–Kier alpha value is -1.65. The SMILES string of the molecule is NC(CCCCB(O)O)(CCNCC[C@H](O)c1cccc(O)c1)C(=O)O. The lowest BCUT2D eigenvalue weighted by Crippen LogP contribution is -2.49. The number of phenols is 1. The van der Waals surface area contributed by atoms with E-state index in [9.17, 15) is 20.1 Å². The lowest BCUT2D eigenvalue weighted by atomic mass is 9.81. The molecule has 2 atom stereocenters. The topological polar surface area (TPSA) is 156 Å². The molecule has 0 heterocycles. The van der Waals surface area contributed by atoms with Crippen LogP contribution in [0.2, 0.25) is 6.32 Å². The number of nitrogens with two attached hydrogens (primary N) is 1. The standard InChI is InChI=1S/C17H29BN2O6/c19-17(16(23)24,7-1-2-9-18(25)26)8-11-20-10-6-15(22)13-4-3-5-14(21)12-13/h3-5,12,15,20-22,25-26H,1-2,6-11,19H2,(H,23,24)/t15-,17?/m0/s1. The predicted molar refractivity (Wildman–Crippen MR) is 98.6 cm³/mol. The van der Waals surface area contributed by atoms with Gasteiger partial charge in [0.1, 0.15) is 11.3 Å². The molecule has 0 fully saturated rings. The van der Waals surface area contributed by atoms with Crippen LogP contribution in [0.5, 0.6) is 5.75 Å². The number of hydrogen-bond donors (Lipinski definition) is 7. The Balaban J connectivity index is 2.30. The second-order valence-corrected chi connectivity index (χ2v) is 6.59. The molecule has 0 aromatic heterocycles. The summed E-state index contributed by atoms with van der Waals surface area (Å²) >= 11 is 0. The fourth-order valence-corrected chi connectivity index (χ4v) is 2.68. The van der Waals surface area contributed by atoms with E-state index in [0.717, 1.165) is 0 Å². The van der Waals surface area contributed by atoms with Gasteiger partial charge < -0.3 is 36.4 Å². The van der Waals surface area contributed by atoms with Crippen molar-refractivity contribution in [1.82, 2.24) is 5.32 Å². The van der Waals surface area contributed by atoms with E-state index in [1.165, 1.54) is 12.1 Å². The van der Waals surface area contributed by atoms with E-state index in [-0.39, 0.29) is 24.9 Å². The van der Waals surface area contributed by atoms with E-state index in [2.05, 4.69) is 5.32 Å². The first-order valence-corrected chi connectivity index (χ1v) is 8.81. The van der Waals surface area contributed by atoms with Crippen LogP contribution >= 0.6 is 0 Å². The molecule has 8 N–H and O–H groups in total.